The van der Waals surface area contributed by atoms with Crippen LogP contribution in [0, 0.1) is 11.3 Å². The van der Waals surface area contributed by atoms with Crippen LogP contribution in [-0.2, 0) is 5.41 Å². The van der Waals surface area contributed by atoms with E-state index >= 15 is 0 Å². The number of nitriles is 1. The number of aromatic nitrogens is 1. The molecule has 4 rings (SSSR count). The smallest absolute Gasteiger partial charge is 0.0994 e. The molecule has 2 bridgehead atoms. The number of hydrogen-bond donors (Lipinski definition) is 1. The van der Waals surface area contributed by atoms with Gasteiger partial charge < -0.3 is 10.2 Å². The van der Waals surface area contributed by atoms with Gasteiger partial charge in [-0.2, -0.15) is 5.26 Å². The van der Waals surface area contributed by atoms with Crippen LogP contribution < -0.4 is 5.32 Å². The van der Waals surface area contributed by atoms with E-state index in [4.69, 9.17) is 0 Å². The molecule has 3 atom stereocenters. The van der Waals surface area contributed by atoms with E-state index < -0.39 is 0 Å². The highest BCUT2D eigenvalue weighted by molar-refractivity contribution is 5.27. The van der Waals surface area contributed by atoms with E-state index in [2.05, 4.69) is 28.3 Å². The Kier molecular flexibility index (Phi) is 4.80. The summed E-state index contributed by atoms with van der Waals surface area (Å²) < 4.78 is 0. The van der Waals surface area contributed by atoms with Crippen LogP contribution in [0.4, 0.5) is 0 Å². The molecule has 0 aromatic carbocycles. The molecule has 1 aliphatic carbocycles. The van der Waals surface area contributed by atoms with Crippen molar-refractivity contribution in [2.24, 2.45) is 0 Å². The fourth-order valence-electron chi connectivity index (χ4n) is 5.43. The van der Waals surface area contributed by atoms with E-state index in [1.807, 2.05) is 24.4 Å². The Morgan fingerprint density at radius 3 is 2.44 bits per heavy atom. The molecule has 0 spiro atoms. The lowest BCUT2D eigenvalue weighted by Gasteiger charge is -2.48. The van der Waals surface area contributed by atoms with Crippen LogP contribution in [-0.4, -0.2) is 41.1 Å². The number of rotatable bonds is 3. The Morgan fingerprint density at radius 1 is 1.12 bits per heavy atom. The number of fused-ring (bicyclic) bond motifs is 2. The predicted octanol–water partition coefficient (Wildman–Crippen LogP) is 3.39. The standard InChI is InChI=1S/C21H30N4/c1-25-18-5-4-6-19(25)14-17(13-18)24-16-8-10-21(15-22,11-9-16)20-7-2-3-12-23-20/h2-3,7,12,16-19,24H,4-6,8-11,13-14H2,1H3/t16?,17?,18-,19+,21?. The molecule has 25 heavy (non-hydrogen) atoms. The van der Waals surface area contributed by atoms with E-state index in [0.717, 1.165) is 43.5 Å². The minimum Gasteiger partial charge on any atom is -0.311 e. The van der Waals surface area contributed by atoms with Gasteiger partial charge in [0.25, 0.3) is 0 Å². The minimum absolute atomic E-state index is 0.372. The first-order valence-electron chi connectivity index (χ1n) is 10.0. The maximum atomic E-state index is 9.82. The summed E-state index contributed by atoms with van der Waals surface area (Å²) in [4.78, 5) is 7.11. The average Bonchev–Trinajstić information content (AvgIpc) is 2.64. The van der Waals surface area contributed by atoms with E-state index in [9.17, 15) is 5.26 Å². The quantitative estimate of drug-likeness (QED) is 0.918. The van der Waals surface area contributed by atoms with E-state index in [1.54, 1.807) is 0 Å². The largest absolute Gasteiger partial charge is 0.311 e. The Labute approximate surface area is 151 Å². The van der Waals surface area contributed by atoms with Gasteiger partial charge in [0.2, 0.25) is 0 Å². The van der Waals surface area contributed by atoms with Crippen molar-refractivity contribution in [3.05, 3.63) is 30.1 Å². The van der Waals surface area contributed by atoms with Gasteiger partial charge in [-0.15, -0.1) is 0 Å². The second-order valence-corrected chi connectivity index (χ2v) is 8.42. The summed E-state index contributed by atoms with van der Waals surface area (Å²) in [5, 5.41) is 13.8. The molecule has 3 aliphatic rings. The first-order chi connectivity index (χ1) is 12.2. The average molecular weight is 338 g/mol. The lowest BCUT2D eigenvalue weighted by molar-refractivity contribution is 0.0437. The van der Waals surface area contributed by atoms with Crippen LogP contribution >= 0.6 is 0 Å². The van der Waals surface area contributed by atoms with Gasteiger partial charge in [0.05, 0.1) is 17.2 Å². The van der Waals surface area contributed by atoms with Crippen LogP contribution in [0.1, 0.15) is 63.5 Å². The van der Waals surface area contributed by atoms with Crippen molar-refractivity contribution in [1.82, 2.24) is 15.2 Å². The lowest BCUT2D eigenvalue weighted by atomic mass is 9.71. The molecule has 3 heterocycles. The van der Waals surface area contributed by atoms with Crippen LogP contribution in [0.3, 0.4) is 0 Å². The fraction of sp³-hybridized carbons (Fsp3) is 0.714. The Balaban J connectivity index is 1.36. The number of nitrogens with zero attached hydrogens (tertiary/aromatic N) is 3. The molecular formula is C21H30N4. The van der Waals surface area contributed by atoms with Crippen molar-refractivity contribution in [3.63, 3.8) is 0 Å². The molecule has 1 aromatic rings. The highest BCUT2D eigenvalue weighted by Gasteiger charge is 2.40. The van der Waals surface area contributed by atoms with Gasteiger partial charge in [0, 0.05) is 30.4 Å². The van der Waals surface area contributed by atoms with E-state index in [-0.39, 0.29) is 5.41 Å². The normalized spacial score (nSPS) is 38.9. The molecule has 2 saturated heterocycles. The Hall–Kier alpha value is -1.44. The number of piperidine rings is 2. The van der Waals surface area contributed by atoms with Crippen molar-refractivity contribution in [2.45, 2.75) is 87.4 Å². The zero-order chi connectivity index (χ0) is 17.3. The maximum absolute atomic E-state index is 9.82. The third kappa shape index (κ3) is 3.32. The molecule has 1 unspecified atom stereocenters. The van der Waals surface area contributed by atoms with Crippen molar-refractivity contribution in [3.8, 4) is 6.07 Å². The third-order valence-corrected chi connectivity index (χ3v) is 7.02. The number of pyridine rings is 1. The van der Waals surface area contributed by atoms with Crippen molar-refractivity contribution < 1.29 is 0 Å². The Morgan fingerprint density at radius 2 is 1.84 bits per heavy atom. The summed E-state index contributed by atoms with van der Waals surface area (Å²) in [6, 6.07) is 11.3. The van der Waals surface area contributed by atoms with Gasteiger partial charge in [0.1, 0.15) is 0 Å². The van der Waals surface area contributed by atoms with E-state index in [0.29, 0.717) is 12.1 Å². The second kappa shape index (κ2) is 7.05. The van der Waals surface area contributed by atoms with Crippen LogP contribution in [0.5, 0.6) is 0 Å². The molecule has 4 nitrogen and oxygen atoms in total. The molecule has 1 aromatic heterocycles. The van der Waals surface area contributed by atoms with Crippen LogP contribution in [0.2, 0.25) is 0 Å². The van der Waals surface area contributed by atoms with E-state index in [1.165, 1.54) is 32.1 Å². The summed E-state index contributed by atoms with van der Waals surface area (Å²) in [5.41, 5.74) is 0.590. The molecule has 134 valence electrons. The third-order valence-electron chi connectivity index (χ3n) is 7.02. The van der Waals surface area contributed by atoms with Crippen molar-refractivity contribution >= 4 is 0 Å². The van der Waals surface area contributed by atoms with Crippen LogP contribution in [0.15, 0.2) is 24.4 Å². The first kappa shape index (κ1) is 17.0. The molecule has 1 saturated carbocycles. The second-order valence-electron chi connectivity index (χ2n) is 8.42. The summed E-state index contributed by atoms with van der Waals surface area (Å²) in [6.45, 7) is 0. The SMILES string of the molecule is CN1[C@@H]2CCC[C@H]1CC(NC1CCC(C#N)(c3ccccn3)CC1)C2. The lowest BCUT2D eigenvalue weighted by Crippen LogP contribution is -2.56. The Bertz CT molecular complexity index is 601. The van der Waals surface area contributed by atoms with Gasteiger partial charge in [-0.3, -0.25) is 4.98 Å². The molecule has 1 N–H and O–H groups in total. The zero-order valence-electron chi connectivity index (χ0n) is 15.3. The molecule has 0 radical (unpaired) electrons. The summed E-state index contributed by atoms with van der Waals surface area (Å²) in [7, 11) is 2.32. The molecule has 2 aliphatic heterocycles. The highest BCUT2D eigenvalue weighted by atomic mass is 15.2. The summed E-state index contributed by atoms with van der Waals surface area (Å²) in [6.07, 6.45) is 12.6. The van der Waals surface area contributed by atoms with Gasteiger partial charge in [0.15, 0.2) is 0 Å². The van der Waals surface area contributed by atoms with Crippen molar-refractivity contribution in [1.29, 1.82) is 5.26 Å². The summed E-state index contributed by atoms with van der Waals surface area (Å²) >= 11 is 0. The van der Waals surface area contributed by atoms with Gasteiger partial charge in [-0.05, 0) is 70.5 Å². The van der Waals surface area contributed by atoms with Gasteiger partial charge in [-0.25, -0.2) is 0 Å². The molecule has 4 heteroatoms. The number of nitrogens with one attached hydrogen (secondary N) is 1. The van der Waals surface area contributed by atoms with Crippen molar-refractivity contribution in [2.75, 3.05) is 7.05 Å². The fourth-order valence-corrected chi connectivity index (χ4v) is 5.43. The maximum Gasteiger partial charge on any atom is 0.0994 e. The van der Waals surface area contributed by atoms with Gasteiger partial charge >= 0.3 is 0 Å². The number of hydrogen-bond acceptors (Lipinski definition) is 4. The monoisotopic (exact) mass is 338 g/mol. The molecular weight excluding hydrogens is 308 g/mol. The topological polar surface area (TPSA) is 52.0 Å². The predicted molar refractivity (Wildman–Crippen MR) is 99.1 cm³/mol. The molecule has 0 amide bonds. The zero-order valence-corrected chi connectivity index (χ0v) is 15.3. The van der Waals surface area contributed by atoms with Gasteiger partial charge in [-0.1, -0.05) is 12.5 Å². The minimum atomic E-state index is -0.372. The highest BCUT2D eigenvalue weighted by Crippen LogP contribution is 2.39. The summed E-state index contributed by atoms with van der Waals surface area (Å²) in [5.74, 6) is 0. The molecule has 3 fully saturated rings. The van der Waals surface area contributed by atoms with Crippen LogP contribution in [0.25, 0.3) is 0 Å². The first-order valence-corrected chi connectivity index (χ1v) is 10.0.